The van der Waals surface area contributed by atoms with Gasteiger partial charge in [-0.25, -0.2) is 0 Å². The Labute approximate surface area is 127 Å². The van der Waals surface area contributed by atoms with E-state index in [1.54, 1.807) is 18.2 Å². The van der Waals surface area contributed by atoms with E-state index in [0.29, 0.717) is 17.9 Å². The fourth-order valence-electron chi connectivity index (χ4n) is 2.50. The van der Waals surface area contributed by atoms with Crippen LogP contribution < -0.4 is 10.5 Å². The van der Waals surface area contributed by atoms with Crippen LogP contribution in [0.2, 0.25) is 0 Å². The van der Waals surface area contributed by atoms with Crippen molar-refractivity contribution in [3.63, 3.8) is 0 Å². The molecule has 0 saturated carbocycles. The smallest absolute Gasteiger partial charge is 0.177 e. The van der Waals surface area contributed by atoms with Crippen molar-refractivity contribution in [2.45, 2.75) is 19.0 Å². The quantitative estimate of drug-likeness (QED) is 0.744. The lowest BCUT2D eigenvalue weighted by molar-refractivity contribution is 0.220. The zero-order chi connectivity index (χ0) is 13.4. The molecule has 0 fully saturated rings. The molecule has 4 N–H and O–H groups in total. The predicted octanol–water partition coefficient (Wildman–Crippen LogP) is 2.31. The second-order valence-corrected chi connectivity index (χ2v) is 5.01. The fourth-order valence-corrected chi connectivity index (χ4v) is 2.83. The van der Waals surface area contributed by atoms with Crippen molar-refractivity contribution in [3.05, 3.63) is 40.4 Å². The van der Waals surface area contributed by atoms with Crippen LogP contribution in [-0.4, -0.2) is 21.3 Å². The number of phenolic OH excluding ortho intramolecular Hbond substituents is 1. The van der Waals surface area contributed by atoms with Gasteiger partial charge in [-0.3, -0.25) is 0 Å². The van der Waals surface area contributed by atoms with Crippen LogP contribution in [0.25, 0.3) is 0 Å². The average molecular weight is 314 g/mol. The molecule has 2 heterocycles. The molecule has 1 aromatic carbocycles. The number of H-pyrrole nitrogens is 1. The molecular formula is C13H16ClN3O2S. The molecule has 1 aliphatic heterocycles. The molecule has 1 unspecified atom stereocenters. The summed E-state index contributed by atoms with van der Waals surface area (Å²) in [5, 5.41) is 9.55. The summed E-state index contributed by atoms with van der Waals surface area (Å²) in [6, 6.07) is 5.26. The van der Waals surface area contributed by atoms with Gasteiger partial charge in [0.25, 0.3) is 0 Å². The highest BCUT2D eigenvalue weighted by Gasteiger charge is 2.23. The van der Waals surface area contributed by atoms with Crippen molar-refractivity contribution in [2.75, 3.05) is 6.61 Å². The number of nitrogens with zero attached hydrogens (tertiary/aromatic N) is 1. The Morgan fingerprint density at radius 3 is 3.05 bits per heavy atom. The number of nitrogens with two attached hydrogens (primary N) is 1. The van der Waals surface area contributed by atoms with E-state index in [4.69, 9.17) is 22.7 Å². The van der Waals surface area contributed by atoms with Crippen LogP contribution >= 0.6 is 24.6 Å². The number of aromatic nitrogens is 2. The number of aromatic hydroxyl groups is 1. The van der Waals surface area contributed by atoms with E-state index in [2.05, 4.69) is 4.98 Å². The van der Waals surface area contributed by atoms with Crippen LogP contribution in [0.4, 0.5) is 0 Å². The molecule has 0 aliphatic carbocycles. The van der Waals surface area contributed by atoms with Crippen molar-refractivity contribution < 1.29 is 9.84 Å². The first-order valence-corrected chi connectivity index (χ1v) is 6.53. The van der Waals surface area contributed by atoms with Crippen molar-refractivity contribution >= 4 is 24.6 Å². The largest absolute Gasteiger partial charge is 0.508 e. The van der Waals surface area contributed by atoms with Gasteiger partial charge in [-0.1, -0.05) is 0 Å². The Bertz CT molecular complexity index is 668. The van der Waals surface area contributed by atoms with Gasteiger partial charge in [0.2, 0.25) is 0 Å². The summed E-state index contributed by atoms with van der Waals surface area (Å²) in [5.74, 6) is 1.07. The molecule has 0 bridgehead atoms. The zero-order valence-corrected chi connectivity index (χ0v) is 12.3. The molecular weight excluding hydrogens is 298 g/mol. The van der Waals surface area contributed by atoms with E-state index in [-0.39, 0.29) is 24.2 Å². The van der Waals surface area contributed by atoms with Gasteiger partial charge in [0.15, 0.2) is 4.77 Å². The first kappa shape index (κ1) is 14.9. The number of fused-ring (bicyclic) bond motifs is 1. The molecule has 0 radical (unpaired) electrons. The number of ether oxygens (including phenoxy) is 1. The third-order valence-electron chi connectivity index (χ3n) is 3.40. The lowest BCUT2D eigenvalue weighted by atomic mass is 10.0. The SMILES string of the molecule is Cl.NCc1c[nH]c(=S)n1C1COc2ccc(O)cc2C1. The number of hydrogen-bond acceptors (Lipinski definition) is 4. The molecule has 108 valence electrons. The third-order valence-corrected chi connectivity index (χ3v) is 3.71. The summed E-state index contributed by atoms with van der Waals surface area (Å²) < 4.78 is 8.39. The first-order valence-electron chi connectivity index (χ1n) is 6.12. The van der Waals surface area contributed by atoms with Crippen molar-refractivity contribution in [3.8, 4) is 11.5 Å². The van der Waals surface area contributed by atoms with E-state index < -0.39 is 0 Å². The van der Waals surface area contributed by atoms with E-state index >= 15 is 0 Å². The Balaban J connectivity index is 0.00000147. The van der Waals surface area contributed by atoms with Crippen LogP contribution in [0.5, 0.6) is 11.5 Å². The second kappa shape index (κ2) is 5.87. The Kier molecular flexibility index (Phi) is 4.37. The molecule has 0 saturated heterocycles. The Morgan fingerprint density at radius 2 is 2.30 bits per heavy atom. The highest BCUT2D eigenvalue weighted by Crippen LogP contribution is 2.32. The summed E-state index contributed by atoms with van der Waals surface area (Å²) in [7, 11) is 0. The first-order chi connectivity index (χ1) is 9.19. The maximum Gasteiger partial charge on any atom is 0.177 e. The van der Waals surface area contributed by atoms with Crippen molar-refractivity contribution in [1.29, 1.82) is 0 Å². The monoisotopic (exact) mass is 313 g/mol. The number of phenols is 1. The van der Waals surface area contributed by atoms with Crippen LogP contribution in [0.1, 0.15) is 17.3 Å². The minimum atomic E-state index is 0. The highest BCUT2D eigenvalue weighted by atomic mass is 35.5. The third kappa shape index (κ3) is 2.54. The molecule has 7 heteroatoms. The number of halogens is 1. The van der Waals surface area contributed by atoms with Gasteiger partial charge >= 0.3 is 0 Å². The van der Waals surface area contributed by atoms with E-state index in [1.165, 1.54) is 0 Å². The van der Waals surface area contributed by atoms with Gasteiger partial charge in [0.1, 0.15) is 18.1 Å². The zero-order valence-electron chi connectivity index (χ0n) is 10.7. The lowest BCUT2D eigenvalue weighted by Gasteiger charge is -2.27. The van der Waals surface area contributed by atoms with E-state index in [9.17, 15) is 5.11 Å². The van der Waals surface area contributed by atoms with Crippen molar-refractivity contribution in [1.82, 2.24) is 9.55 Å². The predicted molar refractivity (Wildman–Crippen MR) is 81.1 cm³/mol. The standard InChI is InChI=1S/C13H15N3O2S.ClH/c14-5-10-6-15-13(19)16(10)9-3-8-4-11(17)1-2-12(8)18-7-9;/h1-2,4,6,9,17H,3,5,7,14H2,(H,15,19);1H. The molecule has 3 rings (SSSR count). The number of hydrogen-bond donors (Lipinski definition) is 3. The Morgan fingerprint density at radius 1 is 1.50 bits per heavy atom. The van der Waals surface area contributed by atoms with Gasteiger partial charge in [0.05, 0.1) is 11.7 Å². The number of benzene rings is 1. The molecule has 1 aromatic heterocycles. The molecule has 0 amide bonds. The number of imidazole rings is 1. The van der Waals surface area contributed by atoms with Gasteiger partial charge in [-0.2, -0.15) is 0 Å². The van der Waals surface area contributed by atoms with Crippen LogP contribution in [0, 0.1) is 4.77 Å². The van der Waals surface area contributed by atoms with Crippen LogP contribution in [0.15, 0.2) is 24.4 Å². The second-order valence-electron chi connectivity index (χ2n) is 4.62. The molecule has 20 heavy (non-hydrogen) atoms. The summed E-state index contributed by atoms with van der Waals surface area (Å²) in [6.45, 7) is 0.980. The number of nitrogens with one attached hydrogen (secondary N) is 1. The number of aromatic amines is 1. The van der Waals surface area contributed by atoms with E-state index in [1.807, 2.05) is 10.8 Å². The lowest BCUT2D eigenvalue weighted by Crippen LogP contribution is -2.26. The minimum absolute atomic E-state index is 0. The summed E-state index contributed by atoms with van der Waals surface area (Å²) >= 11 is 5.29. The summed E-state index contributed by atoms with van der Waals surface area (Å²) in [4.78, 5) is 3.01. The van der Waals surface area contributed by atoms with Gasteiger partial charge in [0, 0.05) is 19.2 Å². The maximum absolute atomic E-state index is 9.55. The topological polar surface area (TPSA) is 76.2 Å². The van der Waals surface area contributed by atoms with Crippen LogP contribution in [-0.2, 0) is 13.0 Å². The normalized spacial score (nSPS) is 16.9. The van der Waals surface area contributed by atoms with Gasteiger partial charge < -0.3 is 25.1 Å². The minimum Gasteiger partial charge on any atom is -0.508 e. The van der Waals surface area contributed by atoms with Gasteiger partial charge in [-0.15, -0.1) is 12.4 Å². The van der Waals surface area contributed by atoms with E-state index in [0.717, 1.165) is 23.4 Å². The molecule has 2 aromatic rings. The molecule has 1 aliphatic rings. The number of rotatable bonds is 2. The summed E-state index contributed by atoms with van der Waals surface area (Å²) in [5.41, 5.74) is 7.67. The maximum atomic E-state index is 9.55. The molecule has 1 atom stereocenters. The fraction of sp³-hybridized carbons (Fsp3) is 0.308. The molecule has 0 spiro atoms. The average Bonchev–Trinajstić information content (AvgIpc) is 2.79. The van der Waals surface area contributed by atoms with Crippen molar-refractivity contribution in [2.24, 2.45) is 5.73 Å². The summed E-state index contributed by atoms with van der Waals surface area (Å²) in [6.07, 6.45) is 2.60. The van der Waals surface area contributed by atoms with Crippen LogP contribution in [0.3, 0.4) is 0 Å². The van der Waals surface area contributed by atoms with Gasteiger partial charge in [-0.05, 0) is 36.0 Å². The Hall–Kier alpha value is -1.50. The molecule has 5 nitrogen and oxygen atoms in total. The highest BCUT2D eigenvalue weighted by molar-refractivity contribution is 7.71.